The second-order valence-corrected chi connectivity index (χ2v) is 4.46. The molecule has 0 bridgehead atoms. The summed E-state index contributed by atoms with van der Waals surface area (Å²) in [6, 6.07) is 1.36. The number of hydrogen-bond acceptors (Lipinski definition) is 4. The van der Waals surface area contributed by atoms with Gasteiger partial charge >= 0.3 is 0 Å². The van der Waals surface area contributed by atoms with Gasteiger partial charge in [-0.25, -0.2) is 0 Å². The molecular formula is C11H13N3O3. The van der Waals surface area contributed by atoms with Crippen molar-refractivity contribution in [1.82, 2.24) is 10.2 Å². The molecule has 0 aromatic carbocycles. The molecule has 0 spiro atoms. The fourth-order valence-electron chi connectivity index (χ4n) is 2.06. The van der Waals surface area contributed by atoms with E-state index in [1.165, 1.54) is 4.90 Å². The van der Waals surface area contributed by atoms with Gasteiger partial charge in [-0.15, -0.1) is 0 Å². The third-order valence-electron chi connectivity index (χ3n) is 3.28. The van der Waals surface area contributed by atoms with Crippen molar-refractivity contribution in [3.05, 3.63) is 0 Å². The molecule has 0 aromatic heterocycles. The van der Waals surface area contributed by atoms with Gasteiger partial charge in [0.05, 0.1) is 6.07 Å². The highest BCUT2D eigenvalue weighted by molar-refractivity contribution is 6.05. The van der Waals surface area contributed by atoms with Gasteiger partial charge in [0.15, 0.2) is 0 Å². The standard InChI is InChI=1S/C11H13N3O3/c1-2-7-9(16)13-8(15)5-14(7)10(17)11(6-12)3-4-11/h7H,2-5H2,1H3,(H,13,15,16). The number of nitrogens with one attached hydrogen (secondary N) is 1. The first-order valence-corrected chi connectivity index (χ1v) is 5.60. The maximum atomic E-state index is 12.1. The Morgan fingerprint density at radius 1 is 1.59 bits per heavy atom. The predicted octanol–water partition coefficient (Wildman–Crippen LogP) is -0.446. The Balaban J connectivity index is 2.23. The van der Waals surface area contributed by atoms with Crippen molar-refractivity contribution in [2.45, 2.75) is 32.2 Å². The lowest BCUT2D eigenvalue weighted by Gasteiger charge is -2.34. The molecule has 0 aromatic rings. The molecular weight excluding hydrogens is 222 g/mol. The number of rotatable bonds is 2. The quantitative estimate of drug-likeness (QED) is 0.656. The van der Waals surface area contributed by atoms with Crippen LogP contribution in [-0.2, 0) is 14.4 Å². The molecule has 1 aliphatic heterocycles. The first-order chi connectivity index (χ1) is 8.04. The highest BCUT2D eigenvalue weighted by atomic mass is 16.2. The molecule has 2 rings (SSSR count). The van der Waals surface area contributed by atoms with E-state index >= 15 is 0 Å². The van der Waals surface area contributed by atoms with Gasteiger partial charge in [-0.3, -0.25) is 19.7 Å². The van der Waals surface area contributed by atoms with E-state index in [0.717, 1.165) is 0 Å². The minimum atomic E-state index is -0.981. The molecule has 17 heavy (non-hydrogen) atoms. The van der Waals surface area contributed by atoms with Crippen LogP contribution in [0, 0.1) is 16.7 Å². The zero-order valence-corrected chi connectivity index (χ0v) is 9.52. The molecule has 1 N–H and O–H groups in total. The van der Waals surface area contributed by atoms with E-state index in [9.17, 15) is 14.4 Å². The van der Waals surface area contributed by atoms with Crippen LogP contribution in [0.2, 0.25) is 0 Å². The molecule has 0 radical (unpaired) electrons. The smallest absolute Gasteiger partial charge is 0.249 e. The Kier molecular flexibility index (Phi) is 2.62. The molecule has 1 heterocycles. The van der Waals surface area contributed by atoms with Gasteiger partial charge in [0.2, 0.25) is 17.7 Å². The van der Waals surface area contributed by atoms with Crippen LogP contribution >= 0.6 is 0 Å². The SMILES string of the molecule is CCC1C(=O)NC(=O)CN1C(=O)C1(C#N)CC1. The van der Waals surface area contributed by atoms with E-state index < -0.39 is 23.3 Å². The Morgan fingerprint density at radius 2 is 2.24 bits per heavy atom. The van der Waals surface area contributed by atoms with Gasteiger partial charge in [0.1, 0.15) is 18.0 Å². The van der Waals surface area contributed by atoms with E-state index in [-0.39, 0.29) is 12.5 Å². The summed E-state index contributed by atoms with van der Waals surface area (Å²) >= 11 is 0. The van der Waals surface area contributed by atoms with Crippen LogP contribution in [0.15, 0.2) is 0 Å². The summed E-state index contributed by atoms with van der Waals surface area (Å²) in [6.07, 6.45) is 1.47. The van der Waals surface area contributed by atoms with Crippen LogP contribution in [0.5, 0.6) is 0 Å². The molecule has 6 heteroatoms. The summed E-state index contributed by atoms with van der Waals surface area (Å²) in [5.41, 5.74) is -0.981. The Hall–Kier alpha value is -1.90. The van der Waals surface area contributed by atoms with Gasteiger partial charge in [0.25, 0.3) is 0 Å². The molecule has 1 saturated carbocycles. The lowest BCUT2D eigenvalue weighted by atomic mass is 10.0. The van der Waals surface area contributed by atoms with Crippen molar-refractivity contribution in [1.29, 1.82) is 5.26 Å². The number of piperazine rings is 1. The van der Waals surface area contributed by atoms with Crippen LogP contribution in [0.25, 0.3) is 0 Å². The highest BCUT2D eigenvalue weighted by Gasteiger charge is 2.54. The fourth-order valence-corrected chi connectivity index (χ4v) is 2.06. The summed E-state index contributed by atoms with van der Waals surface area (Å²) in [4.78, 5) is 36.2. The lowest BCUT2D eigenvalue weighted by Crippen LogP contribution is -2.60. The molecule has 1 atom stereocenters. The zero-order valence-electron chi connectivity index (χ0n) is 9.52. The molecule has 3 amide bonds. The van der Waals surface area contributed by atoms with Crippen molar-refractivity contribution < 1.29 is 14.4 Å². The first-order valence-electron chi connectivity index (χ1n) is 5.60. The largest absolute Gasteiger partial charge is 0.320 e. The average Bonchev–Trinajstić information content (AvgIpc) is 3.08. The third-order valence-corrected chi connectivity index (χ3v) is 3.28. The Morgan fingerprint density at radius 3 is 2.71 bits per heavy atom. The lowest BCUT2D eigenvalue weighted by molar-refractivity contribution is -0.152. The molecule has 2 aliphatic rings. The number of carbonyl (C=O) groups excluding carboxylic acids is 3. The van der Waals surface area contributed by atoms with Gasteiger partial charge in [-0.05, 0) is 19.3 Å². The number of carbonyl (C=O) groups is 3. The summed E-state index contributed by atoms with van der Waals surface area (Å²) in [6.45, 7) is 1.64. The minimum Gasteiger partial charge on any atom is -0.320 e. The fraction of sp³-hybridized carbons (Fsp3) is 0.636. The molecule has 6 nitrogen and oxygen atoms in total. The Bertz CT molecular complexity index is 434. The second kappa shape index (κ2) is 3.84. The average molecular weight is 235 g/mol. The van der Waals surface area contributed by atoms with Crippen LogP contribution in [0.3, 0.4) is 0 Å². The van der Waals surface area contributed by atoms with Crippen molar-refractivity contribution in [2.24, 2.45) is 5.41 Å². The van der Waals surface area contributed by atoms with Crippen molar-refractivity contribution in [3.8, 4) is 6.07 Å². The molecule has 2 fully saturated rings. The number of imide groups is 1. The number of nitrogens with zero attached hydrogens (tertiary/aromatic N) is 2. The molecule has 1 saturated heterocycles. The van der Waals surface area contributed by atoms with E-state index in [1.54, 1.807) is 6.92 Å². The summed E-state index contributed by atoms with van der Waals surface area (Å²) in [5, 5.41) is 11.2. The topological polar surface area (TPSA) is 90.3 Å². The maximum absolute atomic E-state index is 12.1. The van der Waals surface area contributed by atoms with E-state index in [0.29, 0.717) is 19.3 Å². The number of nitriles is 1. The molecule has 1 unspecified atom stereocenters. The predicted molar refractivity (Wildman–Crippen MR) is 56.2 cm³/mol. The summed E-state index contributed by atoms with van der Waals surface area (Å²) in [5.74, 6) is -1.32. The maximum Gasteiger partial charge on any atom is 0.249 e. The summed E-state index contributed by atoms with van der Waals surface area (Å²) < 4.78 is 0. The van der Waals surface area contributed by atoms with Crippen LogP contribution in [-0.4, -0.2) is 35.2 Å². The first kappa shape index (κ1) is 11.6. The van der Waals surface area contributed by atoms with Gasteiger partial charge in [0, 0.05) is 0 Å². The van der Waals surface area contributed by atoms with E-state index in [1.807, 2.05) is 6.07 Å². The van der Waals surface area contributed by atoms with Crippen molar-refractivity contribution in [2.75, 3.05) is 6.54 Å². The molecule has 90 valence electrons. The zero-order chi connectivity index (χ0) is 12.6. The van der Waals surface area contributed by atoms with Gasteiger partial charge in [-0.1, -0.05) is 6.92 Å². The summed E-state index contributed by atoms with van der Waals surface area (Å²) in [7, 11) is 0. The van der Waals surface area contributed by atoms with Crippen LogP contribution in [0.4, 0.5) is 0 Å². The van der Waals surface area contributed by atoms with Crippen molar-refractivity contribution in [3.63, 3.8) is 0 Å². The minimum absolute atomic E-state index is 0.132. The normalized spacial score (nSPS) is 26.1. The highest BCUT2D eigenvalue weighted by Crippen LogP contribution is 2.47. The number of amides is 3. The third kappa shape index (κ3) is 1.78. The molecule has 1 aliphatic carbocycles. The van der Waals surface area contributed by atoms with Gasteiger partial charge < -0.3 is 4.90 Å². The van der Waals surface area contributed by atoms with Gasteiger partial charge in [-0.2, -0.15) is 5.26 Å². The number of hydrogen-bond donors (Lipinski definition) is 1. The van der Waals surface area contributed by atoms with E-state index in [2.05, 4.69) is 5.32 Å². The Labute approximate surface area is 98.6 Å². The monoisotopic (exact) mass is 235 g/mol. The van der Waals surface area contributed by atoms with Crippen LogP contribution < -0.4 is 5.32 Å². The van der Waals surface area contributed by atoms with Crippen LogP contribution in [0.1, 0.15) is 26.2 Å². The second-order valence-electron chi connectivity index (χ2n) is 4.46. The van der Waals surface area contributed by atoms with Crippen molar-refractivity contribution >= 4 is 17.7 Å². The van der Waals surface area contributed by atoms with E-state index in [4.69, 9.17) is 5.26 Å².